The van der Waals surface area contributed by atoms with E-state index in [-0.39, 0.29) is 4.90 Å². The molecular formula is C13H11O4S. The summed E-state index contributed by atoms with van der Waals surface area (Å²) in [4.78, 5) is -0.255. The van der Waals surface area contributed by atoms with Crippen LogP contribution in [0.2, 0.25) is 0 Å². The molecule has 0 aliphatic rings. The summed E-state index contributed by atoms with van der Waals surface area (Å²) in [6, 6.07) is 15.0. The summed E-state index contributed by atoms with van der Waals surface area (Å²) < 4.78 is 37.6. The Bertz CT molecular complexity index is 603. The molecule has 0 amide bonds. The summed E-state index contributed by atoms with van der Waals surface area (Å²) in [5.74, 6) is 0.520. The van der Waals surface area contributed by atoms with Crippen LogP contribution >= 0.6 is 0 Å². The van der Waals surface area contributed by atoms with Gasteiger partial charge in [0.2, 0.25) is 0 Å². The largest absolute Gasteiger partial charge is 0.489 e. The molecule has 0 aliphatic heterocycles. The number of ether oxygens (including phenoxy) is 1. The third kappa shape index (κ3) is 3.32. The lowest BCUT2D eigenvalue weighted by molar-refractivity contribution is 0.306. The van der Waals surface area contributed by atoms with E-state index in [0.717, 1.165) is 5.56 Å². The van der Waals surface area contributed by atoms with Crippen molar-refractivity contribution in [3.8, 4) is 5.75 Å². The Morgan fingerprint density at radius 1 is 0.889 bits per heavy atom. The highest BCUT2D eigenvalue weighted by molar-refractivity contribution is 7.85. The van der Waals surface area contributed by atoms with Crippen LogP contribution in [-0.4, -0.2) is 8.42 Å². The van der Waals surface area contributed by atoms with E-state index in [1.165, 1.54) is 24.3 Å². The molecule has 0 atom stereocenters. The summed E-state index contributed by atoms with van der Waals surface area (Å²) >= 11 is 0. The zero-order chi connectivity index (χ0) is 13.0. The van der Waals surface area contributed by atoms with Crippen molar-refractivity contribution in [2.75, 3.05) is 0 Å². The van der Waals surface area contributed by atoms with Crippen LogP contribution in [0.3, 0.4) is 0 Å². The van der Waals surface area contributed by atoms with E-state index in [2.05, 4.69) is 0 Å². The topological polar surface area (TPSA) is 63.3 Å². The van der Waals surface area contributed by atoms with E-state index in [0.29, 0.717) is 12.4 Å². The van der Waals surface area contributed by atoms with Gasteiger partial charge in [-0.1, -0.05) is 34.9 Å². The highest BCUT2D eigenvalue weighted by atomic mass is 32.2. The van der Waals surface area contributed by atoms with Crippen LogP contribution in [0.5, 0.6) is 5.75 Å². The van der Waals surface area contributed by atoms with Crippen LogP contribution in [0.25, 0.3) is 0 Å². The van der Waals surface area contributed by atoms with Gasteiger partial charge in [-0.05, 0) is 29.8 Å². The maximum absolute atomic E-state index is 10.7. The van der Waals surface area contributed by atoms with Crippen molar-refractivity contribution in [1.82, 2.24) is 0 Å². The average Bonchev–Trinajstić information content (AvgIpc) is 2.37. The van der Waals surface area contributed by atoms with E-state index in [1.54, 1.807) is 0 Å². The molecule has 0 N–H and O–H groups in total. The standard InChI is InChI=1S/C13H11O4S/c14-18(15,16)13-8-6-12(7-9-13)17-10-11-4-2-1-3-5-11/h1-9H,10H2. The van der Waals surface area contributed by atoms with E-state index < -0.39 is 10.1 Å². The lowest BCUT2D eigenvalue weighted by Gasteiger charge is -2.06. The first kappa shape index (κ1) is 12.6. The molecule has 0 spiro atoms. The summed E-state index contributed by atoms with van der Waals surface area (Å²) in [5, 5.41) is 0. The van der Waals surface area contributed by atoms with Gasteiger partial charge in [0.05, 0.1) is 4.90 Å². The molecule has 0 aliphatic carbocycles. The average molecular weight is 263 g/mol. The lowest BCUT2D eigenvalue weighted by Crippen LogP contribution is -1.97. The van der Waals surface area contributed by atoms with E-state index >= 15 is 0 Å². The number of benzene rings is 2. The minimum Gasteiger partial charge on any atom is -0.489 e. The lowest BCUT2D eigenvalue weighted by atomic mass is 10.2. The molecule has 93 valence electrons. The fourth-order valence-electron chi connectivity index (χ4n) is 1.44. The third-order valence-corrected chi connectivity index (χ3v) is 3.21. The fraction of sp³-hybridized carbons (Fsp3) is 0.0769. The number of rotatable bonds is 4. The molecule has 0 aromatic heterocycles. The van der Waals surface area contributed by atoms with Gasteiger partial charge in [0.15, 0.2) is 0 Å². The van der Waals surface area contributed by atoms with E-state index in [4.69, 9.17) is 4.74 Å². The zero-order valence-corrected chi connectivity index (χ0v) is 10.3. The SMILES string of the molecule is [O]S(=O)(=O)c1ccc(OCc2ccccc2)cc1. The van der Waals surface area contributed by atoms with Gasteiger partial charge < -0.3 is 4.74 Å². The smallest absolute Gasteiger partial charge is 0.324 e. The minimum atomic E-state index is -4.39. The highest BCUT2D eigenvalue weighted by Gasteiger charge is 2.10. The van der Waals surface area contributed by atoms with Crippen LogP contribution in [0.4, 0.5) is 0 Å². The Labute approximate surface area is 106 Å². The normalized spacial score (nSPS) is 11.2. The second-order valence-electron chi connectivity index (χ2n) is 3.70. The summed E-state index contributed by atoms with van der Waals surface area (Å²) in [5.41, 5.74) is 1.01. The van der Waals surface area contributed by atoms with Crippen LogP contribution in [0.1, 0.15) is 5.56 Å². The molecular weight excluding hydrogens is 252 g/mol. The van der Waals surface area contributed by atoms with Crippen LogP contribution in [0, 0.1) is 0 Å². The molecule has 4 nitrogen and oxygen atoms in total. The van der Waals surface area contributed by atoms with Crippen LogP contribution in [0.15, 0.2) is 59.5 Å². The summed E-state index contributed by atoms with van der Waals surface area (Å²) in [6.07, 6.45) is 0. The molecule has 2 rings (SSSR count). The van der Waals surface area contributed by atoms with Crippen molar-refractivity contribution in [3.05, 3.63) is 60.2 Å². The molecule has 5 heteroatoms. The Kier molecular flexibility index (Phi) is 3.64. The Morgan fingerprint density at radius 2 is 1.50 bits per heavy atom. The Balaban J connectivity index is 2.03. The van der Waals surface area contributed by atoms with E-state index in [1.807, 2.05) is 30.3 Å². The van der Waals surface area contributed by atoms with Crippen LogP contribution in [-0.2, 0) is 21.3 Å². The summed E-state index contributed by atoms with van der Waals surface area (Å²) in [6.45, 7) is 0.393. The van der Waals surface area contributed by atoms with Gasteiger partial charge in [-0.2, -0.15) is 8.42 Å². The van der Waals surface area contributed by atoms with Gasteiger partial charge in [-0.25, -0.2) is 0 Å². The van der Waals surface area contributed by atoms with Crippen molar-refractivity contribution in [2.24, 2.45) is 0 Å². The van der Waals surface area contributed by atoms with Crippen LogP contribution < -0.4 is 4.74 Å². The molecule has 0 fully saturated rings. The molecule has 18 heavy (non-hydrogen) atoms. The molecule has 0 saturated carbocycles. The predicted octanol–water partition coefficient (Wildman–Crippen LogP) is 2.38. The van der Waals surface area contributed by atoms with Gasteiger partial charge in [-0.15, -0.1) is 0 Å². The van der Waals surface area contributed by atoms with Crippen molar-refractivity contribution >= 4 is 10.1 Å². The Morgan fingerprint density at radius 3 is 2.06 bits per heavy atom. The molecule has 0 bridgehead atoms. The first-order valence-corrected chi connectivity index (χ1v) is 6.69. The van der Waals surface area contributed by atoms with Crippen molar-refractivity contribution < 1.29 is 17.7 Å². The molecule has 0 unspecified atom stereocenters. The zero-order valence-electron chi connectivity index (χ0n) is 9.44. The molecule has 1 radical (unpaired) electrons. The second-order valence-corrected chi connectivity index (χ2v) is 5.08. The summed E-state index contributed by atoms with van der Waals surface area (Å²) in [7, 11) is -4.39. The quantitative estimate of drug-likeness (QED) is 0.850. The minimum absolute atomic E-state index is 0.255. The molecule has 2 aromatic rings. The molecule has 0 saturated heterocycles. The fourth-order valence-corrected chi connectivity index (χ4v) is 1.91. The second kappa shape index (κ2) is 5.20. The van der Waals surface area contributed by atoms with Gasteiger partial charge in [0.1, 0.15) is 12.4 Å². The van der Waals surface area contributed by atoms with Crippen molar-refractivity contribution in [1.29, 1.82) is 0 Å². The maximum Gasteiger partial charge on any atom is 0.324 e. The van der Waals surface area contributed by atoms with Gasteiger partial charge in [0, 0.05) is 0 Å². The highest BCUT2D eigenvalue weighted by Crippen LogP contribution is 2.17. The third-order valence-electron chi connectivity index (χ3n) is 2.36. The number of hydrogen-bond donors (Lipinski definition) is 0. The molecule has 2 aromatic carbocycles. The van der Waals surface area contributed by atoms with Crippen molar-refractivity contribution in [2.45, 2.75) is 11.5 Å². The first-order valence-electron chi connectivity index (χ1n) is 5.28. The Hall–Kier alpha value is -1.85. The number of hydrogen-bond acceptors (Lipinski definition) is 3. The first-order chi connectivity index (χ1) is 8.55. The van der Waals surface area contributed by atoms with Gasteiger partial charge in [0.25, 0.3) is 0 Å². The van der Waals surface area contributed by atoms with Gasteiger partial charge >= 0.3 is 10.1 Å². The monoisotopic (exact) mass is 263 g/mol. The van der Waals surface area contributed by atoms with Gasteiger partial charge in [-0.3, -0.25) is 0 Å². The molecule has 0 heterocycles. The predicted molar refractivity (Wildman–Crippen MR) is 65.1 cm³/mol. The van der Waals surface area contributed by atoms with Crippen molar-refractivity contribution in [3.63, 3.8) is 0 Å². The van der Waals surface area contributed by atoms with E-state index in [9.17, 15) is 13.0 Å². The maximum atomic E-state index is 10.7.